The molecule has 3 heteroatoms. The van der Waals surface area contributed by atoms with E-state index in [4.69, 9.17) is 10.5 Å². The first-order valence-electron chi connectivity index (χ1n) is 6.74. The highest BCUT2D eigenvalue weighted by atomic mass is 16.5. The topological polar surface area (TPSA) is 38.5 Å². The molecule has 0 saturated carbocycles. The first-order valence-corrected chi connectivity index (χ1v) is 6.74. The molecule has 96 valence electrons. The van der Waals surface area contributed by atoms with E-state index < -0.39 is 0 Å². The standard InChI is InChI=1S/C13H28N2O/c1-3-4-5-13(10-14)15-8-6-12(7-9-15)11-16-2/h12-13H,3-11,14H2,1-2H3. The highest BCUT2D eigenvalue weighted by molar-refractivity contribution is 4.79. The smallest absolute Gasteiger partial charge is 0.0491 e. The number of piperidine rings is 1. The molecule has 0 radical (unpaired) electrons. The van der Waals surface area contributed by atoms with Crippen molar-refractivity contribution < 1.29 is 4.74 Å². The molecule has 1 saturated heterocycles. The lowest BCUT2D eigenvalue weighted by molar-refractivity contribution is 0.0784. The van der Waals surface area contributed by atoms with E-state index in [0.717, 1.165) is 19.1 Å². The van der Waals surface area contributed by atoms with Crippen LogP contribution in [0.25, 0.3) is 0 Å². The van der Waals surface area contributed by atoms with Crippen LogP contribution in [0.4, 0.5) is 0 Å². The van der Waals surface area contributed by atoms with Crippen LogP contribution in [0.15, 0.2) is 0 Å². The summed E-state index contributed by atoms with van der Waals surface area (Å²) in [4.78, 5) is 2.59. The summed E-state index contributed by atoms with van der Waals surface area (Å²) in [6.45, 7) is 6.41. The molecule has 1 fully saturated rings. The fourth-order valence-corrected chi connectivity index (χ4v) is 2.61. The van der Waals surface area contributed by atoms with Crippen LogP contribution in [0, 0.1) is 5.92 Å². The van der Waals surface area contributed by atoms with E-state index in [2.05, 4.69) is 11.8 Å². The van der Waals surface area contributed by atoms with E-state index in [1.54, 1.807) is 7.11 Å². The van der Waals surface area contributed by atoms with Gasteiger partial charge in [0, 0.05) is 26.3 Å². The van der Waals surface area contributed by atoms with Crippen LogP contribution >= 0.6 is 0 Å². The van der Waals surface area contributed by atoms with Gasteiger partial charge in [0.25, 0.3) is 0 Å². The third-order valence-electron chi connectivity index (χ3n) is 3.73. The van der Waals surface area contributed by atoms with Gasteiger partial charge < -0.3 is 10.5 Å². The maximum atomic E-state index is 5.87. The van der Waals surface area contributed by atoms with Crippen LogP contribution in [0.2, 0.25) is 0 Å². The number of unbranched alkanes of at least 4 members (excludes halogenated alkanes) is 1. The second-order valence-electron chi connectivity index (χ2n) is 4.97. The third-order valence-corrected chi connectivity index (χ3v) is 3.73. The molecular weight excluding hydrogens is 200 g/mol. The summed E-state index contributed by atoms with van der Waals surface area (Å²) in [6, 6.07) is 0.614. The molecule has 0 aromatic carbocycles. The number of hydrogen-bond donors (Lipinski definition) is 1. The predicted octanol–water partition coefficient (Wildman–Crippen LogP) is 1.86. The van der Waals surface area contributed by atoms with E-state index >= 15 is 0 Å². The molecule has 1 heterocycles. The van der Waals surface area contributed by atoms with Crippen LogP contribution in [0.3, 0.4) is 0 Å². The van der Waals surface area contributed by atoms with E-state index in [1.165, 1.54) is 45.2 Å². The summed E-state index contributed by atoms with van der Waals surface area (Å²) in [5.74, 6) is 0.769. The van der Waals surface area contributed by atoms with Gasteiger partial charge in [-0.2, -0.15) is 0 Å². The van der Waals surface area contributed by atoms with E-state index in [0.29, 0.717) is 6.04 Å². The van der Waals surface area contributed by atoms with E-state index in [-0.39, 0.29) is 0 Å². The van der Waals surface area contributed by atoms with E-state index in [1.807, 2.05) is 0 Å². The van der Waals surface area contributed by atoms with Crippen molar-refractivity contribution in [2.75, 3.05) is 33.4 Å². The molecule has 0 aromatic rings. The lowest BCUT2D eigenvalue weighted by Gasteiger charge is -2.37. The average molecular weight is 228 g/mol. The lowest BCUT2D eigenvalue weighted by atomic mass is 9.95. The normalized spacial score (nSPS) is 21.2. The average Bonchev–Trinajstić information content (AvgIpc) is 2.32. The largest absolute Gasteiger partial charge is 0.384 e. The molecule has 0 amide bonds. The molecule has 1 aliphatic rings. The minimum absolute atomic E-state index is 0.614. The van der Waals surface area contributed by atoms with Gasteiger partial charge in [0.05, 0.1) is 0 Å². The number of nitrogens with two attached hydrogens (primary N) is 1. The van der Waals surface area contributed by atoms with Crippen LogP contribution in [-0.4, -0.2) is 44.3 Å². The zero-order chi connectivity index (χ0) is 11.8. The number of nitrogens with zero attached hydrogens (tertiary/aromatic N) is 1. The number of likely N-dealkylation sites (tertiary alicyclic amines) is 1. The highest BCUT2D eigenvalue weighted by Gasteiger charge is 2.23. The number of hydrogen-bond acceptors (Lipinski definition) is 3. The Morgan fingerprint density at radius 3 is 2.56 bits per heavy atom. The first kappa shape index (κ1) is 13.9. The van der Waals surface area contributed by atoms with E-state index in [9.17, 15) is 0 Å². The molecule has 0 aliphatic carbocycles. The molecule has 1 aliphatic heterocycles. The Hall–Kier alpha value is -0.120. The first-order chi connectivity index (χ1) is 7.81. The van der Waals surface area contributed by atoms with Crippen LogP contribution in [0.1, 0.15) is 39.0 Å². The highest BCUT2D eigenvalue weighted by Crippen LogP contribution is 2.20. The number of ether oxygens (including phenoxy) is 1. The van der Waals surface area contributed by atoms with Crippen molar-refractivity contribution >= 4 is 0 Å². The summed E-state index contributed by atoms with van der Waals surface area (Å²) >= 11 is 0. The molecule has 0 bridgehead atoms. The second kappa shape index (κ2) is 8.04. The zero-order valence-electron chi connectivity index (χ0n) is 11.0. The maximum absolute atomic E-state index is 5.87. The van der Waals surface area contributed by atoms with Crippen LogP contribution in [-0.2, 0) is 4.74 Å². The van der Waals surface area contributed by atoms with Crippen molar-refractivity contribution in [2.45, 2.75) is 45.1 Å². The Kier molecular flexibility index (Phi) is 7.01. The van der Waals surface area contributed by atoms with Crippen molar-refractivity contribution in [3.05, 3.63) is 0 Å². The van der Waals surface area contributed by atoms with Crippen molar-refractivity contribution in [2.24, 2.45) is 11.7 Å². The van der Waals surface area contributed by atoms with Gasteiger partial charge in [-0.1, -0.05) is 19.8 Å². The Bertz CT molecular complexity index is 167. The molecule has 1 unspecified atom stereocenters. The Morgan fingerprint density at radius 1 is 1.38 bits per heavy atom. The molecule has 1 atom stereocenters. The summed E-state index contributed by atoms with van der Waals surface area (Å²) in [7, 11) is 1.80. The number of methoxy groups -OCH3 is 1. The molecule has 16 heavy (non-hydrogen) atoms. The predicted molar refractivity (Wildman–Crippen MR) is 68.5 cm³/mol. The molecule has 1 rings (SSSR count). The van der Waals surface area contributed by atoms with Crippen molar-refractivity contribution in [1.29, 1.82) is 0 Å². The molecule has 0 spiro atoms. The molecule has 3 nitrogen and oxygen atoms in total. The molecule has 2 N–H and O–H groups in total. The second-order valence-corrected chi connectivity index (χ2v) is 4.97. The van der Waals surface area contributed by atoms with Gasteiger partial charge in [0.1, 0.15) is 0 Å². The minimum Gasteiger partial charge on any atom is -0.384 e. The minimum atomic E-state index is 0.614. The summed E-state index contributed by atoms with van der Waals surface area (Å²) < 4.78 is 5.23. The quantitative estimate of drug-likeness (QED) is 0.723. The summed E-state index contributed by atoms with van der Waals surface area (Å²) in [5, 5.41) is 0. The van der Waals surface area contributed by atoms with Crippen molar-refractivity contribution in [1.82, 2.24) is 4.90 Å². The van der Waals surface area contributed by atoms with Gasteiger partial charge in [0.15, 0.2) is 0 Å². The van der Waals surface area contributed by atoms with Crippen LogP contribution in [0.5, 0.6) is 0 Å². The van der Waals surface area contributed by atoms with Gasteiger partial charge in [-0.3, -0.25) is 4.90 Å². The fourth-order valence-electron chi connectivity index (χ4n) is 2.61. The maximum Gasteiger partial charge on any atom is 0.0491 e. The van der Waals surface area contributed by atoms with Crippen molar-refractivity contribution in [3.8, 4) is 0 Å². The zero-order valence-corrected chi connectivity index (χ0v) is 11.0. The van der Waals surface area contributed by atoms with Gasteiger partial charge in [-0.05, 0) is 38.3 Å². The lowest BCUT2D eigenvalue weighted by Crippen LogP contribution is -2.45. The summed E-state index contributed by atoms with van der Waals surface area (Å²) in [5.41, 5.74) is 5.87. The Balaban J connectivity index is 2.27. The molecular formula is C13H28N2O. The Morgan fingerprint density at radius 2 is 2.06 bits per heavy atom. The van der Waals surface area contributed by atoms with Crippen molar-refractivity contribution in [3.63, 3.8) is 0 Å². The van der Waals surface area contributed by atoms with Crippen LogP contribution < -0.4 is 5.73 Å². The van der Waals surface area contributed by atoms with Gasteiger partial charge in [-0.15, -0.1) is 0 Å². The Labute approximate surface area is 100 Å². The van der Waals surface area contributed by atoms with Gasteiger partial charge in [-0.25, -0.2) is 0 Å². The number of rotatable bonds is 7. The fraction of sp³-hybridized carbons (Fsp3) is 1.00. The SMILES string of the molecule is CCCCC(CN)N1CCC(COC)CC1. The monoisotopic (exact) mass is 228 g/mol. The third kappa shape index (κ3) is 4.40. The molecule has 0 aromatic heterocycles. The van der Waals surface area contributed by atoms with Gasteiger partial charge in [0.2, 0.25) is 0 Å². The summed E-state index contributed by atoms with van der Waals surface area (Å²) in [6.07, 6.45) is 6.39. The van der Waals surface area contributed by atoms with Gasteiger partial charge >= 0.3 is 0 Å².